The van der Waals surface area contributed by atoms with Crippen molar-refractivity contribution in [2.75, 3.05) is 4.90 Å². The Hall–Kier alpha value is -6.61. The van der Waals surface area contributed by atoms with Gasteiger partial charge < -0.3 is 18.6 Å². The van der Waals surface area contributed by atoms with Crippen molar-refractivity contribution in [2.45, 2.75) is 24.7 Å². The van der Waals surface area contributed by atoms with Gasteiger partial charge in [0, 0.05) is 55.0 Å². The predicted molar refractivity (Wildman–Crippen MR) is 232 cm³/mol. The van der Waals surface area contributed by atoms with E-state index in [1.807, 2.05) is 54.6 Å². The number of benzene rings is 8. The predicted octanol–water partition coefficient (Wildman–Crippen LogP) is 12.1. The zero-order valence-corrected chi connectivity index (χ0v) is 32.3. The first-order valence-corrected chi connectivity index (χ1v) is 21.2. The van der Waals surface area contributed by atoms with Crippen LogP contribution in [0.2, 0.25) is 0 Å². The number of anilines is 3. The summed E-state index contributed by atoms with van der Waals surface area (Å²) in [6, 6.07) is 63.4. The van der Waals surface area contributed by atoms with Gasteiger partial charge in [-0.2, -0.15) is 0 Å². The van der Waals surface area contributed by atoms with E-state index in [1.165, 1.54) is 11.1 Å². The zero-order chi connectivity index (χ0) is 38.1. The minimum Gasteiger partial charge on any atom is -0.457 e. The molecule has 4 nitrogen and oxygen atoms in total. The SMILES string of the molecule is CC1(C)c2ccccc2N(c2ccc3c(c2)Oc2ccccc2C32c3ccccc3P(=O)(c3ccccc3)c3cc4oc5ccccc5c4cc32)c2ccccc21. The van der Waals surface area contributed by atoms with Gasteiger partial charge >= 0.3 is 0 Å². The molecule has 8 aromatic carbocycles. The van der Waals surface area contributed by atoms with Crippen molar-refractivity contribution in [1.29, 1.82) is 0 Å². The Labute approximate surface area is 331 Å². The fraction of sp³-hybridized carbons (Fsp3) is 0.0769. The molecular weight excluding hydrogens is 718 g/mol. The van der Waals surface area contributed by atoms with Crippen molar-refractivity contribution in [3.8, 4) is 11.5 Å². The fourth-order valence-corrected chi connectivity index (χ4v) is 13.4. The molecule has 0 amide bonds. The number of nitrogens with zero attached hydrogens (tertiary/aromatic N) is 1. The average Bonchev–Trinajstić information content (AvgIpc) is 3.63. The van der Waals surface area contributed by atoms with E-state index in [0.717, 1.165) is 88.7 Å². The van der Waals surface area contributed by atoms with E-state index in [4.69, 9.17) is 9.15 Å². The highest BCUT2D eigenvalue weighted by Gasteiger charge is 2.55. The summed E-state index contributed by atoms with van der Waals surface area (Å²) in [7, 11) is -3.44. The first kappa shape index (κ1) is 32.6. The fourth-order valence-electron chi connectivity index (χ4n) is 10.3. The summed E-state index contributed by atoms with van der Waals surface area (Å²) in [6.07, 6.45) is 0. The molecule has 9 aromatic rings. The Morgan fingerprint density at radius 3 is 1.86 bits per heavy atom. The van der Waals surface area contributed by atoms with Crippen LogP contribution in [0.3, 0.4) is 0 Å². The van der Waals surface area contributed by atoms with E-state index >= 15 is 4.57 Å². The minimum atomic E-state index is -3.44. The van der Waals surface area contributed by atoms with E-state index in [1.54, 1.807) is 0 Å². The van der Waals surface area contributed by atoms with Gasteiger partial charge in [0.15, 0.2) is 7.14 Å². The summed E-state index contributed by atoms with van der Waals surface area (Å²) in [5.74, 6) is 1.54. The molecule has 2 atom stereocenters. The Morgan fingerprint density at radius 1 is 0.474 bits per heavy atom. The highest BCUT2D eigenvalue weighted by molar-refractivity contribution is 7.85. The molecule has 0 radical (unpaired) electrons. The third-order valence-electron chi connectivity index (χ3n) is 12.8. The van der Waals surface area contributed by atoms with E-state index < -0.39 is 12.6 Å². The van der Waals surface area contributed by atoms with Crippen molar-refractivity contribution < 1.29 is 13.7 Å². The van der Waals surface area contributed by atoms with Crippen LogP contribution >= 0.6 is 7.14 Å². The summed E-state index contributed by atoms with van der Waals surface area (Å²) >= 11 is 0. The molecule has 5 heteroatoms. The van der Waals surface area contributed by atoms with Gasteiger partial charge in [0.2, 0.25) is 0 Å². The van der Waals surface area contributed by atoms with Crippen LogP contribution in [-0.4, -0.2) is 0 Å². The van der Waals surface area contributed by atoms with Gasteiger partial charge in [-0.3, -0.25) is 0 Å². The highest BCUT2D eigenvalue weighted by atomic mass is 31.2. The molecule has 1 spiro atoms. The van der Waals surface area contributed by atoms with Gasteiger partial charge in [-0.25, -0.2) is 0 Å². The molecule has 0 saturated heterocycles. The maximum absolute atomic E-state index is 16.5. The second-order valence-corrected chi connectivity index (χ2v) is 18.6. The van der Waals surface area contributed by atoms with Crippen LogP contribution in [0.15, 0.2) is 186 Å². The summed E-state index contributed by atoms with van der Waals surface area (Å²) in [5.41, 5.74) is 10.3. The molecule has 272 valence electrons. The molecule has 2 unspecified atom stereocenters. The number of fused-ring (bicyclic) bond motifs is 13. The zero-order valence-electron chi connectivity index (χ0n) is 31.4. The third-order valence-corrected chi connectivity index (χ3v) is 15.9. The number of furan rings is 1. The lowest BCUT2D eigenvalue weighted by atomic mass is 9.63. The summed E-state index contributed by atoms with van der Waals surface area (Å²) in [4.78, 5) is 2.38. The second-order valence-electron chi connectivity index (χ2n) is 15.9. The van der Waals surface area contributed by atoms with E-state index in [9.17, 15) is 0 Å². The van der Waals surface area contributed by atoms with Gasteiger partial charge in [0.25, 0.3) is 0 Å². The largest absolute Gasteiger partial charge is 0.457 e. The van der Waals surface area contributed by atoms with Gasteiger partial charge in [-0.05, 0) is 64.7 Å². The second kappa shape index (κ2) is 11.5. The monoisotopic (exact) mass is 753 g/mol. The molecule has 4 heterocycles. The number of para-hydroxylation sites is 4. The third kappa shape index (κ3) is 4.15. The molecule has 12 rings (SSSR count). The Balaban J connectivity index is 1.20. The van der Waals surface area contributed by atoms with Crippen molar-refractivity contribution in [2.24, 2.45) is 0 Å². The van der Waals surface area contributed by atoms with Crippen molar-refractivity contribution in [3.05, 3.63) is 215 Å². The van der Waals surface area contributed by atoms with Crippen molar-refractivity contribution in [1.82, 2.24) is 0 Å². The number of hydrogen-bond donors (Lipinski definition) is 0. The van der Waals surface area contributed by atoms with Crippen molar-refractivity contribution >= 4 is 62.1 Å². The van der Waals surface area contributed by atoms with Crippen LogP contribution in [0.25, 0.3) is 21.9 Å². The maximum atomic E-state index is 16.5. The van der Waals surface area contributed by atoms with Gasteiger partial charge in [-0.1, -0.05) is 147 Å². The number of rotatable bonds is 2. The lowest BCUT2D eigenvalue weighted by Gasteiger charge is -2.47. The van der Waals surface area contributed by atoms with Gasteiger partial charge in [0.1, 0.15) is 22.7 Å². The summed E-state index contributed by atoms with van der Waals surface area (Å²) < 4.78 is 30.1. The van der Waals surface area contributed by atoms with Gasteiger partial charge in [-0.15, -0.1) is 0 Å². The first-order chi connectivity index (χ1) is 27.9. The molecule has 0 N–H and O–H groups in total. The smallest absolute Gasteiger partial charge is 0.171 e. The van der Waals surface area contributed by atoms with E-state index in [0.29, 0.717) is 0 Å². The van der Waals surface area contributed by atoms with Gasteiger partial charge in [0.05, 0.1) is 16.8 Å². The molecule has 0 bridgehead atoms. The molecule has 57 heavy (non-hydrogen) atoms. The lowest BCUT2D eigenvalue weighted by Crippen LogP contribution is -2.48. The van der Waals surface area contributed by atoms with Crippen LogP contribution in [0.1, 0.15) is 47.2 Å². The molecule has 3 aliphatic rings. The number of hydrogen-bond acceptors (Lipinski definition) is 4. The first-order valence-electron chi connectivity index (χ1n) is 19.5. The number of ether oxygens (including phenoxy) is 1. The normalized spacial score (nSPS) is 19.5. The molecule has 0 saturated carbocycles. The van der Waals surface area contributed by atoms with Crippen LogP contribution in [0.4, 0.5) is 17.1 Å². The molecule has 1 aromatic heterocycles. The van der Waals surface area contributed by atoms with Crippen LogP contribution in [-0.2, 0) is 15.4 Å². The molecule has 0 fully saturated rings. The van der Waals surface area contributed by atoms with Crippen LogP contribution in [0, 0.1) is 0 Å². The summed E-state index contributed by atoms with van der Waals surface area (Å²) in [6.45, 7) is 4.62. The minimum absolute atomic E-state index is 0.178. The van der Waals surface area contributed by atoms with E-state index in [-0.39, 0.29) is 5.41 Å². The highest BCUT2D eigenvalue weighted by Crippen LogP contribution is 2.63. The maximum Gasteiger partial charge on any atom is 0.171 e. The lowest BCUT2D eigenvalue weighted by molar-refractivity contribution is 0.435. The quantitative estimate of drug-likeness (QED) is 0.165. The average molecular weight is 754 g/mol. The molecule has 0 aliphatic carbocycles. The van der Waals surface area contributed by atoms with E-state index in [2.05, 4.69) is 146 Å². The Kier molecular flexibility index (Phi) is 6.57. The molecule has 3 aliphatic heterocycles. The Bertz CT molecular complexity index is 3150. The van der Waals surface area contributed by atoms with Crippen LogP contribution in [0.5, 0.6) is 11.5 Å². The topological polar surface area (TPSA) is 42.7 Å². The summed E-state index contributed by atoms with van der Waals surface area (Å²) in [5, 5.41) is 4.43. The van der Waals surface area contributed by atoms with Crippen molar-refractivity contribution in [3.63, 3.8) is 0 Å². The van der Waals surface area contributed by atoms with Crippen LogP contribution < -0.4 is 25.6 Å². The molecular formula is C52H36NO3P. The Morgan fingerprint density at radius 2 is 1.09 bits per heavy atom. The standard InChI is InChI=1S/C52H36NO3P/c1-51(2)37-19-7-11-23-43(37)53(44-24-12-8-20-38(44)51)33-28-29-40-48(30-33)56-46-26-14-9-21-39(46)52(40)41-22-10-15-27-49(41)57(54,34-16-4-3-5-17-34)50-32-47-36(31-42(50)52)35-18-6-13-25-45(35)55-47/h3-32H,1-2H3.